The third-order valence-corrected chi connectivity index (χ3v) is 1.48. The van der Waals surface area contributed by atoms with E-state index in [1.165, 1.54) is 5.06 Å². The van der Waals surface area contributed by atoms with E-state index < -0.39 is 0 Å². The van der Waals surface area contributed by atoms with Crippen LogP contribution in [0.5, 0.6) is 0 Å². The second kappa shape index (κ2) is 3.39. The minimum Gasteiger partial charge on any atom is -0.334 e. The van der Waals surface area contributed by atoms with Crippen LogP contribution in [0.1, 0.15) is 6.92 Å². The van der Waals surface area contributed by atoms with Gasteiger partial charge in [0.15, 0.2) is 0 Å². The molecule has 1 N–H and O–H groups in total. The predicted molar refractivity (Wildman–Crippen MR) is 40.8 cm³/mol. The lowest BCUT2D eigenvalue weighted by atomic mass is 10.4. The van der Waals surface area contributed by atoms with Crippen LogP contribution in [0.4, 0.5) is 4.79 Å². The first-order valence-electron chi connectivity index (χ1n) is 3.56. The highest BCUT2D eigenvalue weighted by Gasteiger charge is 2.27. The Morgan fingerprint density at radius 2 is 2.73 bits per heavy atom. The molecule has 1 saturated heterocycles. The van der Waals surface area contributed by atoms with E-state index in [4.69, 9.17) is 4.84 Å². The van der Waals surface area contributed by atoms with Gasteiger partial charge in [-0.2, -0.15) is 5.06 Å². The number of nitrogens with one attached hydrogen (secondary N) is 1. The van der Waals surface area contributed by atoms with Crippen molar-refractivity contribution in [2.45, 2.75) is 13.0 Å². The molecule has 1 unspecified atom stereocenters. The number of hydroxylamine groups is 2. The van der Waals surface area contributed by atoms with Gasteiger partial charge in [-0.05, 0) is 6.92 Å². The van der Waals surface area contributed by atoms with Crippen LogP contribution in [0.15, 0.2) is 12.7 Å². The second-order valence-corrected chi connectivity index (χ2v) is 2.45. The van der Waals surface area contributed by atoms with E-state index in [1.54, 1.807) is 6.08 Å². The first-order valence-corrected chi connectivity index (χ1v) is 3.56. The molecule has 11 heavy (non-hydrogen) atoms. The van der Waals surface area contributed by atoms with Crippen LogP contribution in [-0.4, -0.2) is 30.3 Å². The lowest BCUT2D eigenvalue weighted by Crippen LogP contribution is -2.32. The summed E-state index contributed by atoms with van der Waals surface area (Å²) in [6.45, 7) is 6.43. The zero-order valence-electron chi connectivity index (χ0n) is 6.54. The zero-order chi connectivity index (χ0) is 8.27. The Morgan fingerprint density at radius 1 is 2.00 bits per heavy atom. The molecule has 1 fully saturated rings. The molecule has 1 aliphatic heterocycles. The molecule has 0 saturated carbocycles. The summed E-state index contributed by atoms with van der Waals surface area (Å²) in [7, 11) is 0. The topological polar surface area (TPSA) is 41.6 Å². The Kier molecular flexibility index (Phi) is 2.48. The van der Waals surface area contributed by atoms with Crippen LogP contribution in [0.25, 0.3) is 0 Å². The molecule has 0 aromatic carbocycles. The molecular weight excluding hydrogens is 144 g/mol. The van der Waals surface area contributed by atoms with Gasteiger partial charge < -0.3 is 5.32 Å². The minimum absolute atomic E-state index is 0.113. The number of nitrogens with zero attached hydrogens (tertiary/aromatic N) is 1. The van der Waals surface area contributed by atoms with Gasteiger partial charge in [-0.15, -0.1) is 6.58 Å². The Hall–Kier alpha value is -1.03. The van der Waals surface area contributed by atoms with Crippen molar-refractivity contribution in [1.82, 2.24) is 10.4 Å². The third-order valence-electron chi connectivity index (χ3n) is 1.48. The molecule has 0 aliphatic carbocycles. The normalized spacial score (nSPS) is 23.5. The summed E-state index contributed by atoms with van der Waals surface area (Å²) in [5, 5.41) is 3.99. The number of hydrogen-bond donors (Lipinski definition) is 1. The van der Waals surface area contributed by atoms with Crippen LogP contribution in [0.2, 0.25) is 0 Å². The van der Waals surface area contributed by atoms with E-state index in [2.05, 4.69) is 11.9 Å². The number of amides is 2. The molecule has 1 atom stereocenters. The minimum atomic E-state index is -0.167. The smallest absolute Gasteiger partial charge is 0.334 e. The van der Waals surface area contributed by atoms with E-state index in [9.17, 15) is 4.79 Å². The van der Waals surface area contributed by atoms with E-state index in [0.29, 0.717) is 13.2 Å². The molecule has 1 aliphatic rings. The lowest BCUT2D eigenvalue weighted by molar-refractivity contribution is -0.113. The van der Waals surface area contributed by atoms with Gasteiger partial charge in [0.25, 0.3) is 0 Å². The van der Waals surface area contributed by atoms with E-state index in [-0.39, 0.29) is 12.1 Å². The van der Waals surface area contributed by atoms with Gasteiger partial charge in [0.1, 0.15) is 0 Å². The number of hydrogen-bond acceptors (Lipinski definition) is 2. The SMILES string of the molecule is C=CCON1C(=O)NCC1C. The highest BCUT2D eigenvalue weighted by molar-refractivity contribution is 5.75. The van der Waals surface area contributed by atoms with Crippen molar-refractivity contribution in [2.75, 3.05) is 13.2 Å². The maximum Gasteiger partial charge on any atom is 0.341 e. The Bertz CT molecular complexity index is 170. The van der Waals surface area contributed by atoms with Gasteiger partial charge in [0.2, 0.25) is 0 Å². The quantitative estimate of drug-likeness (QED) is 0.605. The van der Waals surface area contributed by atoms with Crippen molar-refractivity contribution in [3.63, 3.8) is 0 Å². The number of rotatable bonds is 3. The average molecular weight is 156 g/mol. The number of carbonyl (C=O) groups is 1. The fourth-order valence-electron chi connectivity index (χ4n) is 0.915. The summed E-state index contributed by atoms with van der Waals surface area (Å²) >= 11 is 0. The van der Waals surface area contributed by atoms with Crippen molar-refractivity contribution in [3.8, 4) is 0 Å². The lowest BCUT2D eigenvalue weighted by Gasteiger charge is -2.17. The van der Waals surface area contributed by atoms with Crippen LogP contribution in [0, 0.1) is 0 Å². The Morgan fingerprint density at radius 3 is 3.18 bits per heavy atom. The molecule has 4 heteroatoms. The van der Waals surface area contributed by atoms with E-state index in [1.807, 2.05) is 6.92 Å². The maximum atomic E-state index is 10.9. The van der Waals surface area contributed by atoms with Crippen molar-refractivity contribution in [1.29, 1.82) is 0 Å². The molecule has 0 bridgehead atoms. The van der Waals surface area contributed by atoms with Crippen LogP contribution < -0.4 is 5.32 Å². The standard InChI is InChI=1S/C7H12N2O2/c1-3-4-11-9-6(2)5-8-7(9)10/h3,6H,1,4-5H2,2H3,(H,8,10). The molecule has 0 spiro atoms. The van der Waals surface area contributed by atoms with Crippen molar-refractivity contribution >= 4 is 6.03 Å². The Labute approximate surface area is 65.8 Å². The van der Waals surface area contributed by atoms with Crippen molar-refractivity contribution in [3.05, 3.63) is 12.7 Å². The summed E-state index contributed by atoms with van der Waals surface area (Å²) in [5.41, 5.74) is 0. The first kappa shape index (κ1) is 8.07. The molecule has 0 aromatic heterocycles. The fourth-order valence-corrected chi connectivity index (χ4v) is 0.915. The number of urea groups is 1. The fraction of sp³-hybridized carbons (Fsp3) is 0.571. The summed E-state index contributed by atoms with van der Waals surface area (Å²) in [5.74, 6) is 0. The highest BCUT2D eigenvalue weighted by atomic mass is 16.7. The van der Waals surface area contributed by atoms with E-state index >= 15 is 0 Å². The molecule has 62 valence electrons. The molecule has 2 amide bonds. The zero-order valence-corrected chi connectivity index (χ0v) is 6.54. The van der Waals surface area contributed by atoms with Crippen LogP contribution in [-0.2, 0) is 4.84 Å². The Balaban J connectivity index is 2.41. The van der Waals surface area contributed by atoms with Gasteiger partial charge >= 0.3 is 6.03 Å². The molecule has 1 heterocycles. The van der Waals surface area contributed by atoms with Crippen LogP contribution in [0.3, 0.4) is 0 Å². The third kappa shape index (κ3) is 1.71. The maximum absolute atomic E-state index is 10.9. The summed E-state index contributed by atoms with van der Waals surface area (Å²) in [4.78, 5) is 16.0. The largest absolute Gasteiger partial charge is 0.341 e. The van der Waals surface area contributed by atoms with Gasteiger partial charge in [-0.25, -0.2) is 4.79 Å². The molecular formula is C7H12N2O2. The summed E-state index contributed by atoms with van der Waals surface area (Å²) < 4.78 is 0. The van der Waals surface area contributed by atoms with E-state index in [0.717, 1.165) is 0 Å². The molecule has 1 rings (SSSR count). The van der Waals surface area contributed by atoms with Crippen molar-refractivity contribution in [2.24, 2.45) is 0 Å². The van der Waals surface area contributed by atoms with Gasteiger partial charge in [-0.1, -0.05) is 6.08 Å². The summed E-state index contributed by atoms with van der Waals surface area (Å²) in [6.07, 6.45) is 1.61. The molecule has 0 radical (unpaired) electrons. The molecule has 4 nitrogen and oxygen atoms in total. The second-order valence-electron chi connectivity index (χ2n) is 2.45. The first-order chi connectivity index (χ1) is 5.25. The predicted octanol–water partition coefficient (Wildman–Crippen LogP) is 0.518. The van der Waals surface area contributed by atoms with Gasteiger partial charge in [0, 0.05) is 6.54 Å². The van der Waals surface area contributed by atoms with Crippen LogP contribution >= 0.6 is 0 Å². The van der Waals surface area contributed by atoms with Crippen molar-refractivity contribution < 1.29 is 9.63 Å². The molecule has 0 aromatic rings. The highest BCUT2D eigenvalue weighted by Crippen LogP contribution is 2.05. The van der Waals surface area contributed by atoms with Gasteiger partial charge in [0.05, 0.1) is 12.6 Å². The number of carbonyl (C=O) groups excluding carboxylic acids is 1. The average Bonchev–Trinajstić information content (AvgIpc) is 2.29. The monoisotopic (exact) mass is 156 g/mol. The summed E-state index contributed by atoms with van der Waals surface area (Å²) in [6, 6.07) is -0.0539. The van der Waals surface area contributed by atoms with Gasteiger partial charge in [-0.3, -0.25) is 4.84 Å².